The van der Waals surface area contributed by atoms with Gasteiger partial charge in [0.25, 0.3) is 0 Å². The number of halogens is 4. The van der Waals surface area contributed by atoms with Crippen molar-refractivity contribution in [3.05, 3.63) is 82.2 Å². The number of rotatable bonds is 14. The van der Waals surface area contributed by atoms with Crippen LogP contribution in [0, 0.1) is 56.2 Å². The molecule has 15 heteroatoms. The van der Waals surface area contributed by atoms with E-state index in [2.05, 4.69) is 57.0 Å². The third kappa shape index (κ3) is 8.79. The molecule has 6 aliphatic carbocycles. The smallest absolute Gasteiger partial charge is 0.460 e. The van der Waals surface area contributed by atoms with Gasteiger partial charge in [0, 0.05) is 25.0 Å². The van der Waals surface area contributed by atoms with Crippen molar-refractivity contribution >= 4 is 25.9 Å². The van der Waals surface area contributed by atoms with Crippen LogP contribution in [0.2, 0.25) is 0 Å². The van der Waals surface area contributed by atoms with Crippen LogP contribution in [0.4, 0.5) is 17.6 Å². The summed E-state index contributed by atoms with van der Waals surface area (Å²) in [6.07, 6.45) is 14.3. The lowest BCUT2D eigenvalue weighted by Crippen LogP contribution is -2.64. The third-order valence-electron chi connectivity index (χ3n) is 19.0. The zero-order valence-electron chi connectivity index (χ0n) is 41.2. The first-order valence-corrected chi connectivity index (χ1v) is 28.3. The Bertz CT molecular complexity index is 2450. The van der Waals surface area contributed by atoms with Crippen LogP contribution in [0.1, 0.15) is 125 Å². The molecule has 0 aromatic heterocycles. The quantitative estimate of drug-likeness (QED) is 0.0639. The lowest BCUT2D eigenvalue weighted by atomic mass is 9.33. The van der Waals surface area contributed by atoms with Crippen molar-refractivity contribution in [2.45, 2.75) is 131 Å². The van der Waals surface area contributed by atoms with Gasteiger partial charge in [-0.3, -0.25) is 4.79 Å². The van der Waals surface area contributed by atoms with E-state index in [0.717, 1.165) is 62.6 Å². The number of hydrogen-bond acceptors (Lipinski definition) is 9. The summed E-state index contributed by atoms with van der Waals surface area (Å²) < 4.78 is 117. The lowest BCUT2D eigenvalue weighted by Gasteiger charge is -2.71. The maximum Gasteiger partial charge on any atom is 0.534 e. The van der Waals surface area contributed by atoms with E-state index in [0.29, 0.717) is 69.3 Å². The molecule has 0 radical (unpaired) electrons. The fraction of sp³-hybridized carbons (Fsp3) is 0.717. The maximum absolute atomic E-state index is 14.8. The number of allylic oxidation sites excluding steroid dienone is 5. The number of carbonyl (C=O) groups is 1. The molecule has 1 saturated heterocycles. The second kappa shape index (κ2) is 18.2. The second-order valence-corrected chi connectivity index (χ2v) is 27.1. The molecule has 1 heterocycles. The van der Waals surface area contributed by atoms with E-state index in [1.807, 2.05) is 44.2 Å². The summed E-state index contributed by atoms with van der Waals surface area (Å²) in [4.78, 5) is 15.6. The van der Waals surface area contributed by atoms with E-state index in [4.69, 9.17) is 8.92 Å². The van der Waals surface area contributed by atoms with Crippen molar-refractivity contribution < 1.29 is 48.1 Å². The van der Waals surface area contributed by atoms with Crippen LogP contribution in [0.3, 0.4) is 0 Å². The normalized spacial score (nSPS) is 35.8. The van der Waals surface area contributed by atoms with Crippen molar-refractivity contribution in [3.8, 4) is 0 Å². The first kappa shape index (κ1) is 51.3. The second-order valence-electron chi connectivity index (χ2n) is 23.2. The van der Waals surface area contributed by atoms with E-state index >= 15 is 0 Å². The van der Waals surface area contributed by atoms with Crippen LogP contribution >= 0.6 is 0 Å². The Morgan fingerprint density at radius 3 is 2.25 bits per heavy atom. The van der Waals surface area contributed by atoms with Crippen molar-refractivity contribution in [1.82, 2.24) is 10.2 Å². The van der Waals surface area contributed by atoms with Crippen molar-refractivity contribution in [2.75, 3.05) is 50.9 Å². The van der Waals surface area contributed by atoms with Crippen LogP contribution in [0.5, 0.6) is 0 Å². The molecule has 378 valence electrons. The van der Waals surface area contributed by atoms with Gasteiger partial charge in [0.15, 0.2) is 9.84 Å². The summed E-state index contributed by atoms with van der Waals surface area (Å²) in [5.74, 6) is 0.0161. The number of hydrogen-bond donors (Lipinski definition) is 1. The number of carbonyl (C=O) groups excluding carboxylic acids is 1. The number of alkyl halides is 4. The Morgan fingerprint density at radius 1 is 0.912 bits per heavy atom. The summed E-state index contributed by atoms with van der Waals surface area (Å²) in [7, 11) is -8.93. The summed E-state index contributed by atoms with van der Waals surface area (Å²) in [5, 5.41) is 3.63. The number of ether oxygens (including phenoxy) is 1. The van der Waals surface area contributed by atoms with Gasteiger partial charge >= 0.3 is 21.6 Å². The highest BCUT2D eigenvalue weighted by Gasteiger charge is 2.69. The topological polar surface area (TPSA) is 119 Å². The van der Waals surface area contributed by atoms with E-state index in [1.165, 1.54) is 11.1 Å². The first-order chi connectivity index (χ1) is 31.8. The largest absolute Gasteiger partial charge is 0.534 e. The average molecular weight is 991 g/mol. The first-order valence-electron chi connectivity index (χ1n) is 25.1. The van der Waals surface area contributed by atoms with Crippen molar-refractivity contribution in [1.29, 1.82) is 0 Å². The molecule has 1 aromatic rings. The van der Waals surface area contributed by atoms with Gasteiger partial charge in [0.2, 0.25) is 0 Å². The molecule has 3 saturated carbocycles. The monoisotopic (exact) mass is 990 g/mol. The van der Waals surface area contributed by atoms with Crippen molar-refractivity contribution in [3.63, 3.8) is 0 Å². The SMILES string of the molecule is CC(C)C1=C2[C@H]3CC[C@@H]4[C@@]5(C)CC=C(C6=CC[C@](CF)(C(=O)OCc7ccccc7)CC6)C(C)(C)[C@@H]5CC[C@@]4(C)[C@]3(C)CC[C@@]2(CNCCCN2CCS(=O)(=O)CC2)C=C1OS(=O)(=O)C(F)(F)F. The molecule has 0 unspecified atom stereocenters. The van der Waals surface area contributed by atoms with E-state index in [9.17, 15) is 39.2 Å². The van der Waals surface area contributed by atoms with Gasteiger partial charge in [-0.25, -0.2) is 12.8 Å². The minimum atomic E-state index is -5.93. The number of nitrogens with one attached hydrogen (secondary N) is 1. The summed E-state index contributed by atoms with van der Waals surface area (Å²) in [6, 6.07) is 9.45. The molecule has 0 spiro atoms. The van der Waals surface area contributed by atoms with Crippen LogP contribution in [0.15, 0.2) is 76.6 Å². The number of fused-ring (bicyclic) bond motifs is 7. The zero-order valence-corrected chi connectivity index (χ0v) is 42.8. The summed E-state index contributed by atoms with van der Waals surface area (Å²) in [6.45, 7) is 18.0. The van der Waals surface area contributed by atoms with Crippen molar-refractivity contribution in [2.24, 2.45) is 56.2 Å². The molecule has 9 nitrogen and oxygen atoms in total. The van der Waals surface area contributed by atoms with Gasteiger partial charge in [-0.2, -0.15) is 21.6 Å². The molecular weight excluding hydrogens is 917 g/mol. The minimum absolute atomic E-state index is 0.0108. The van der Waals surface area contributed by atoms with E-state index < -0.39 is 48.9 Å². The van der Waals surface area contributed by atoms with Crippen LogP contribution in [-0.4, -0.2) is 84.1 Å². The standard InChI is InChI=1S/C53H74F4N2O7S2/c1-36(2)44-41(66-68(63,64)53(55,56)57)32-52(35-58-26-11-27-59-28-30-67(61,62)31-29-59)25-24-49(6)40(45(44)52)14-15-43-48(5)20-18-39(47(3,4)42(48)19-21-50(43,49)7)38-16-22-51(34-54,23-17-38)46(60)65-33-37-12-9-8-10-13-37/h8-10,12-13,16,18,32,36,40,42-43,58H,11,14-15,17,19-31,33-35H2,1-7H3/t40-,42+,43-,48+,49-,50-,51+,52+/m1/s1. The Kier molecular flexibility index (Phi) is 13.8. The van der Waals surface area contributed by atoms with Gasteiger partial charge < -0.3 is 19.1 Å². The molecule has 1 aromatic carbocycles. The van der Waals surface area contributed by atoms with E-state index in [1.54, 1.807) is 6.08 Å². The third-order valence-corrected chi connectivity index (χ3v) is 21.6. The Morgan fingerprint density at radius 2 is 1.62 bits per heavy atom. The Hall–Kier alpha value is -3.01. The van der Waals surface area contributed by atoms with Crippen LogP contribution in [0.25, 0.3) is 0 Å². The predicted molar refractivity (Wildman–Crippen MR) is 257 cm³/mol. The van der Waals surface area contributed by atoms with Gasteiger partial charge in [-0.15, -0.1) is 0 Å². The van der Waals surface area contributed by atoms with Gasteiger partial charge in [-0.05, 0) is 163 Å². The molecule has 8 rings (SSSR count). The van der Waals surface area contributed by atoms with Gasteiger partial charge in [-0.1, -0.05) is 91.0 Å². The Labute approximate surface area is 403 Å². The molecule has 1 N–H and O–H groups in total. The number of sulfone groups is 1. The minimum Gasteiger partial charge on any atom is -0.460 e. The van der Waals surface area contributed by atoms with Crippen LogP contribution in [-0.2, 0) is 40.3 Å². The van der Waals surface area contributed by atoms with Crippen LogP contribution < -0.4 is 5.32 Å². The molecule has 4 fully saturated rings. The molecule has 7 aliphatic rings. The maximum atomic E-state index is 14.8. The van der Waals surface area contributed by atoms with Gasteiger partial charge in [0.05, 0.1) is 16.9 Å². The molecule has 8 atom stereocenters. The molecular formula is C53H74F4N2O7S2. The molecule has 0 bridgehead atoms. The highest BCUT2D eigenvalue weighted by molar-refractivity contribution is 7.91. The average Bonchev–Trinajstić information content (AvgIpc) is 3.59. The number of nitrogens with zero attached hydrogens (tertiary/aromatic N) is 1. The van der Waals surface area contributed by atoms with Gasteiger partial charge in [0.1, 0.15) is 19.0 Å². The molecule has 0 amide bonds. The van der Waals surface area contributed by atoms with E-state index in [-0.39, 0.29) is 57.4 Å². The molecule has 68 heavy (non-hydrogen) atoms. The predicted octanol–water partition coefficient (Wildman–Crippen LogP) is 10.8. The summed E-state index contributed by atoms with van der Waals surface area (Å²) >= 11 is 0. The lowest BCUT2D eigenvalue weighted by molar-refractivity contribution is -0.197. The fourth-order valence-corrected chi connectivity index (χ4v) is 16.9. The molecule has 1 aliphatic heterocycles. The highest BCUT2D eigenvalue weighted by atomic mass is 32.2. The fourth-order valence-electron chi connectivity index (χ4n) is 15.2. The number of benzene rings is 1. The summed E-state index contributed by atoms with van der Waals surface area (Å²) in [5.41, 5.74) is -3.14. The Balaban J connectivity index is 1.05. The zero-order chi connectivity index (χ0) is 49.3. The number of esters is 1. The highest BCUT2D eigenvalue weighted by Crippen LogP contribution is 2.77.